The standard InChI is InChI=1S/C16H32N4/c1-4-17-16(20-9-5-6-10-20)18-13-15(3)19-11-7-14(2)8-12-19/h14-15H,4-13H2,1-3H3,(H,17,18). The van der Waals surface area contributed by atoms with Crippen molar-refractivity contribution < 1.29 is 0 Å². The molecule has 0 aromatic carbocycles. The normalized spacial score (nSPS) is 24.1. The van der Waals surface area contributed by atoms with Gasteiger partial charge in [-0.15, -0.1) is 0 Å². The van der Waals surface area contributed by atoms with Crippen molar-refractivity contribution in [3.05, 3.63) is 0 Å². The molecule has 1 unspecified atom stereocenters. The summed E-state index contributed by atoms with van der Waals surface area (Å²) in [5.41, 5.74) is 0. The summed E-state index contributed by atoms with van der Waals surface area (Å²) in [5, 5.41) is 3.45. The minimum atomic E-state index is 0.568. The summed E-state index contributed by atoms with van der Waals surface area (Å²) in [6, 6.07) is 0.568. The maximum atomic E-state index is 4.88. The number of piperidine rings is 1. The van der Waals surface area contributed by atoms with Gasteiger partial charge >= 0.3 is 0 Å². The summed E-state index contributed by atoms with van der Waals surface area (Å²) in [6.45, 7) is 13.6. The Morgan fingerprint density at radius 3 is 2.45 bits per heavy atom. The molecule has 0 bridgehead atoms. The van der Waals surface area contributed by atoms with Crippen molar-refractivity contribution >= 4 is 5.96 Å². The highest BCUT2D eigenvalue weighted by Gasteiger charge is 2.21. The van der Waals surface area contributed by atoms with Gasteiger partial charge in [0, 0.05) is 25.7 Å². The predicted octanol–water partition coefficient (Wildman–Crippen LogP) is 2.17. The van der Waals surface area contributed by atoms with Crippen LogP contribution in [-0.2, 0) is 0 Å². The Kier molecular flexibility index (Phi) is 6.14. The molecule has 0 radical (unpaired) electrons. The number of hydrogen-bond acceptors (Lipinski definition) is 2. The lowest BCUT2D eigenvalue weighted by Gasteiger charge is -2.34. The van der Waals surface area contributed by atoms with E-state index in [9.17, 15) is 0 Å². The molecule has 2 heterocycles. The van der Waals surface area contributed by atoms with E-state index in [4.69, 9.17) is 4.99 Å². The maximum absolute atomic E-state index is 4.88. The molecule has 1 N–H and O–H groups in total. The van der Waals surface area contributed by atoms with Crippen LogP contribution in [0.2, 0.25) is 0 Å². The number of hydrogen-bond donors (Lipinski definition) is 1. The van der Waals surface area contributed by atoms with E-state index in [1.165, 1.54) is 51.9 Å². The third-order valence-electron chi connectivity index (χ3n) is 4.69. The average Bonchev–Trinajstić information content (AvgIpc) is 2.98. The predicted molar refractivity (Wildman–Crippen MR) is 86.2 cm³/mol. The summed E-state index contributed by atoms with van der Waals surface area (Å²) in [5.74, 6) is 2.03. The Morgan fingerprint density at radius 1 is 1.20 bits per heavy atom. The fraction of sp³-hybridized carbons (Fsp3) is 0.938. The summed E-state index contributed by atoms with van der Waals surface area (Å²) in [4.78, 5) is 9.90. The van der Waals surface area contributed by atoms with Crippen molar-refractivity contribution in [3.63, 3.8) is 0 Å². The Balaban J connectivity index is 1.84. The molecule has 0 spiro atoms. The van der Waals surface area contributed by atoms with Gasteiger partial charge < -0.3 is 10.2 Å². The molecule has 4 heteroatoms. The van der Waals surface area contributed by atoms with Gasteiger partial charge in [0.15, 0.2) is 5.96 Å². The van der Waals surface area contributed by atoms with Crippen molar-refractivity contribution in [1.29, 1.82) is 0 Å². The van der Waals surface area contributed by atoms with E-state index in [-0.39, 0.29) is 0 Å². The molecule has 2 aliphatic heterocycles. The fourth-order valence-electron chi connectivity index (χ4n) is 3.16. The summed E-state index contributed by atoms with van der Waals surface area (Å²) >= 11 is 0. The lowest BCUT2D eigenvalue weighted by Crippen LogP contribution is -2.43. The van der Waals surface area contributed by atoms with Gasteiger partial charge in [-0.05, 0) is 58.5 Å². The maximum Gasteiger partial charge on any atom is 0.193 e. The highest BCUT2D eigenvalue weighted by atomic mass is 15.3. The molecular weight excluding hydrogens is 248 g/mol. The second-order valence-corrected chi connectivity index (χ2v) is 6.46. The zero-order chi connectivity index (χ0) is 14.4. The summed E-state index contributed by atoms with van der Waals surface area (Å²) in [7, 11) is 0. The minimum Gasteiger partial charge on any atom is -0.357 e. The van der Waals surface area contributed by atoms with Gasteiger partial charge in [0.05, 0.1) is 6.54 Å². The Hall–Kier alpha value is -0.770. The second-order valence-electron chi connectivity index (χ2n) is 6.46. The fourth-order valence-corrected chi connectivity index (χ4v) is 3.16. The molecule has 2 fully saturated rings. The molecule has 0 saturated carbocycles. The van der Waals surface area contributed by atoms with E-state index in [1.54, 1.807) is 0 Å². The molecule has 0 aromatic rings. The molecule has 2 saturated heterocycles. The monoisotopic (exact) mass is 280 g/mol. The van der Waals surface area contributed by atoms with Crippen LogP contribution in [0.4, 0.5) is 0 Å². The third-order valence-corrected chi connectivity index (χ3v) is 4.69. The molecule has 0 amide bonds. The Morgan fingerprint density at radius 2 is 1.85 bits per heavy atom. The van der Waals surface area contributed by atoms with Crippen molar-refractivity contribution in [2.24, 2.45) is 10.9 Å². The summed E-state index contributed by atoms with van der Waals surface area (Å²) in [6.07, 6.45) is 5.31. The van der Waals surface area contributed by atoms with E-state index in [2.05, 4.69) is 35.9 Å². The Bertz CT molecular complexity index is 302. The van der Waals surface area contributed by atoms with Crippen LogP contribution < -0.4 is 5.32 Å². The van der Waals surface area contributed by atoms with E-state index in [1.807, 2.05) is 0 Å². The van der Waals surface area contributed by atoms with E-state index in [0.29, 0.717) is 6.04 Å². The number of rotatable bonds is 4. The van der Waals surface area contributed by atoms with Crippen LogP contribution in [0.15, 0.2) is 4.99 Å². The second kappa shape index (κ2) is 7.87. The minimum absolute atomic E-state index is 0.568. The van der Waals surface area contributed by atoms with Gasteiger partial charge in [-0.2, -0.15) is 0 Å². The van der Waals surface area contributed by atoms with Crippen molar-refractivity contribution in [2.45, 2.75) is 52.5 Å². The first-order valence-corrected chi connectivity index (χ1v) is 8.48. The number of guanidine groups is 1. The van der Waals surface area contributed by atoms with Crippen LogP contribution in [0, 0.1) is 5.92 Å². The van der Waals surface area contributed by atoms with Crippen LogP contribution in [0.5, 0.6) is 0 Å². The largest absolute Gasteiger partial charge is 0.357 e. The van der Waals surface area contributed by atoms with E-state index < -0.39 is 0 Å². The molecule has 1 atom stereocenters. The van der Waals surface area contributed by atoms with Crippen molar-refractivity contribution in [3.8, 4) is 0 Å². The van der Waals surface area contributed by atoms with Gasteiger partial charge in [0.2, 0.25) is 0 Å². The first kappa shape index (κ1) is 15.6. The zero-order valence-electron chi connectivity index (χ0n) is 13.6. The Labute approximate surface area is 124 Å². The van der Waals surface area contributed by atoms with E-state index in [0.717, 1.165) is 25.0 Å². The highest BCUT2D eigenvalue weighted by molar-refractivity contribution is 5.80. The first-order valence-electron chi connectivity index (χ1n) is 8.48. The zero-order valence-corrected chi connectivity index (χ0v) is 13.6. The molecule has 0 aromatic heterocycles. The van der Waals surface area contributed by atoms with Crippen LogP contribution in [0.3, 0.4) is 0 Å². The van der Waals surface area contributed by atoms with Crippen LogP contribution in [0.25, 0.3) is 0 Å². The number of likely N-dealkylation sites (tertiary alicyclic amines) is 2. The molecule has 2 aliphatic rings. The molecule has 20 heavy (non-hydrogen) atoms. The van der Waals surface area contributed by atoms with Crippen molar-refractivity contribution in [2.75, 3.05) is 39.3 Å². The van der Waals surface area contributed by atoms with Gasteiger partial charge in [0.25, 0.3) is 0 Å². The van der Waals surface area contributed by atoms with E-state index >= 15 is 0 Å². The molecule has 4 nitrogen and oxygen atoms in total. The molecule has 0 aliphatic carbocycles. The summed E-state index contributed by atoms with van der Waals surface area (Å²) < 4.78 is 0. The average molecular weight is 280 g/mol. The van der Waals surface area contributed by atoms with Crippen LogP contribution >= 0.6 is 0 Å². The number of aliphatic imine (C=N–C) groups is 1. The van der Waals surface area contributed by atoms with Crippen molar-refractivity contribution in [1.82, 2.24) is 15.1 Å². The van der Waals surface area contributed by atoms with Crippen LogP contribution in [-0.4, -0.2) is 61.1 Å². The molecular formula is C16H32N4. The first-order chi connectivity index (χ1) is 9.70. The lowest BCUT2D eigenvalue weighted by molar-refractivity contribution is 0.150. The lowest BCUT2D eigenvalue weighted by atomic mass is 9.98. The number of nitrogens with zero attached hydrogens (tertiary/aromatic N) is 3. The third kappa shape index (κ3) is 4.37. The smallest absolute Gasteiger partial charge is 0.193 e. The van der Waals surface area contributed by atoms with Gasteiger partial charge in [-0.3, -0.25) is 9.89 Å². The SMILES string of the molecule is CCNC(=NCC(C)N1CCC(C)CC1)N1CCCC1. The van der Waals surface area contributed by atoms with Crippen LogP contribution in [0.1, 0.15) is 46.5 Å². The highest BCUT2D eigenvalue weighted by Crippen LogP contribution is 2.18. The quantitative estimate of drug-likeness (QED) is 0.632. The molecule has 116 valence electrons. The topological polar surface area (TPSA) is 30.9 Å². The van der Waals surface area contributed by atoms with Gasteiger partial charge in [-0.1, -0.05) is 6.92 Å². The van der Waals surface area contributed by atoms with Gasteiger partial charge in [-0.25, -0.2) is 0 Å². The molecule has 2 rings (SSSR count). The van der Waals surface area contributed by atoms with Gasteiger partial charge in [0.1, 0.15) is 0 Å². The number of nitrogens with one attached hydrogen (secondary N) is 1.